The number of nitrogens with one attached hydrogen (secondary N) is 1. The number of furan rings is 1. The van der Waals surface area contributed by atoms with Gasteiger partial charge >= 0.3 is 0 Å². The Labute approximate surface area is 138 Å². The van der Waals surface area contributed by atoms with Gasteiger partial charge in [0.2, 0.25) is 0 Å². The van der Waals surface area contributed by atoms with Gasteiger partial charge in [0, 0.05) is 0 Å². The zero-order valence-corrected chi connectivity index (χ0v) is 12.7. The number of hydrogen-bond acceptors (Lipinski definition) is 6. The van der Waals surface area contributed by atoms with Gasteiger partial charge in [0.15, 0.2) is 17.3 Å². The lowest BCUT2D eigenvalue weighted by molar-refractivity contribution is 0.0912. The van der Waals surface area contributed by atoms with E-state index in [1.807, 2.05) is 30.3 Å². The number of nitrogens with zero attached hydrogens (tertiary/aromatic N) is 2. The third-order valence-electron chi connectivity index (χ3n) is 3.48. The van der Waals surface area contributed by atoms with Gasteiger partial charge in [-0.05, 0) is 17.7 Å². The summed E-state index contributed by atoms with van der Waals surface area (Å²) in [6, 6.07) is 12.0. The zero-order valence-electron chi connectivity index (χ0n) is 12.7. The summed E-state index contributed by atoms with van der Waals surface area (Å²) in [4.78, 5) is 20.7. The van der Waals surface area contributed by atoms with Crippen molar-refractivity contribution in [3.63, 3.8) is 0 Å². The monoisotopic (exact) mass is 324 g/mol. The Morgan fingerprint density at radius 3 is 2.71 bits per heavy atom. The molecule has 0 bridgehead atoms. The van der Waals surface area contributed by atoms with Gasteiger partial charge in [-0.2, -0.15) is 0 Å². The molecule has 0 fully saturated rings. The fourth-order valence-electron chi connectivity index (χ4n) is 2.25. The van der Waals surface area contributed by atoms with E-state index in [1.54, 1.807) is 12.1 Å². The minimum absolute atomic E-state index is 0.00700. The molecule has 7 heteroatoms. The van der Waals surface area contributed by atoms with Gasteiger partial charge in [0.1, 0.15) is 5.69 Å². The molecule has 0 aliphatic heterocycles. The number of benzene rings is 1. The van der Waals surface area contributed by atoms with Crippen LogP contribution in [-0.4, -0.2) is 27.6 Å². The first-order valence-corrected chi connectivity index (χ1v) is 7.32. The van der Waals surface area contributed by atoms with Crippen LogP contribution in [0.1, 0.15) is 22.1 Å². The van der Waals surface area contributed by atoms with Gasteiger partial charge in [-0.15, -0.1) is 0 Å². The largest absolute Gasteiger partial charge is 0.463 e. The molecule has 0 spiro atoms. The van der Waals surface area contributed by atoms with E-state index < -0.39 is 11.9 Å². The van der Waals surface area contributed by atoms with Crippen molar-refractivity contribution in [2.24, 2.45) is 0 Å². The standard InChI is InChI=1S/C17H16N4O3/c18-16-15(20-12(9-19-16)14-7-4-8-24-14)17(23)21-13(10-22)11-5-2-1-3-6-11/h1-9,13,22H,10H2,(H2,18,19)(H,21,23)/t13-/m1/s1. The molecule has 0 radical (unpaired) electrons. The molecule has 1 amide bonds. The normalized spacial score (nSPS) is 11.9. The summed E-state index contributed by atoms with van der Waals surface area (Å²) in [6.45, 7) is -0.249. The Morgan fingerprint density at radius 1 is 1.25 bits per heavy atom. The third kappa shape index (κ3) is 3.26. The molecule has 7 nitrogen and oxygen atoms in total. The maximum atomic E-state index is 12.5. The number of carbonyl (C=O) groups excluding carboxylic acids is 1. The smallest absolute Gasteiger partial charge is 0.274 e. The van der Waals surface area contributed by atoms with Gasteiger partial charge < -0.3 is 20.6 Å². The SMILES string of the molecule is Nc1ncc(-c2ccco2)nc1C(=O)N[C@H](CO)c1ccccc1. The molecule has 0 saturated carbocycles. The molecule has 3 aromatic rings. The average Bonchev–Trinajstić information content (AvgIpc) is 3.15. The molecule has 0 unspecified atom stereocenters. The van der Waals surface area contributed by atoms with Crippen molar-refractivity contribution >= 4 is 11.7 Å². The van der Waals surface area contributed by atoms with Crippen molar-refractivity contribution in [3.8, 4) is 11.5 Å². The van der Waals surface area contributed by atoms with Gasteiger partial charge in [-0.3, -0.25) is 4.79 Å². The number of amides is 1. The number of aliphatic hydroxyl groups is 1. The number of aliphatic hydroxyl groups excluding tert-OH is 1. The van der Waals surface area contributed by atoms with Crippen LogP contribution < -0.4 is 11.1 Å². The van der Waals surface area contributed by atoms with E-state index in [9.17, 15) is 9.90 Å². The summed E-state index contributed by atoms with van der Waals surface area (Å²) in [5, 5.41) is 12.3. The third-order valence-corrected chi connectivity index (χ3v) is 3.48. The van der Waals surface area contributed by atoms with Crippen molar-refractivity contribution in [2.45, 2.75) is 6.04 Å². The Bertz CT molecular complexity index is 819. The second-order valence-corrected chi connectivity index (χ2v) is 5.09. The van der Waals surface area contributed by atoms with Crippen LogP contribution in [0.2, 0.25) is 0 Å². The van der Waals surface area contributed by atoms with Crippen LogP contribution in [0.3, 0.4) is 0 Å². The molecule has 3 rings (SSSR count). The molecular formula is C17H16N4O3. The predicted octanol–water partition coefficient (Wildman–Crippen LogP) is 1.78. The van der Waals surface area contributed by atoms with E-state index in [2.05, 4.69) is 15.3 Å². The molecule has 0 aliphatic rings. The van der Waals surface area contributed by atoms with E-state index in [4.69, 9.17) is 10.2 Å². The lowest BCUT2D eigenvalue weighted by Gasteiger charge is -2.17. The van der Waals surface area contributed by atoms with Crippen LogP contribution in [0.15, 0.2) is 59.3 Å². The fourth-order valence-corrected chi connectivity index (χ4v) is 2.25. The van der Waals surface area contributed by atoms with Crippen molar-refractivity contribution in [3.05, 3.63) is 66.2 Å². The van der Waals surface area contributed by atoms with E-state index in [0.29, 0.717) is 11.5 Å². The lowest BCUT2D eigenvalue weighted by atomic mass is 10.1. The van der Waals surface area contributed by atoms with Crippen LogP contribution >= 0.6 is 0 Å². The van der Waals surface area contributed by atoms with E-state index in [-0.39, 0.29) is 18.1 Å². The van der Waals surface area contributed by atoms with Crippen molar-refractivity contribution in [1.82, 2.24) is 15.3 Å². The summed E-state index contributed by atoms with van der Waals surface area (Å²) >= 11 is 0. The molecule has 24 heavy (non-hydrogen) atoms. The molecular weight excluding hydrogens is 308 g/mol. The maximum Gasteiger partial charge on any atom is 0.274 e. The topological polar surface area (TPSA) is 114 Å². The molecule has 0 aliphatic carbocycles. The van der Waals surface area contributed by atoms with Crippen molar-refractivity contribution < 1.29 is 14.3 Å². The minimum atomic E-state index is -0.563. The second kappa shape index (κ2) is 6.93. The number of nitrogen functional groups attached to an aromatic ring is 1. The molecule has 0 saturated heterocycles. The molecule has 122 valence electrons. The number of anilines is 1. The van der Waals surface area contributed by atoms with Crippen LogP contribution in [0.25, 0.3) is 11.5 Å². The van der Waals surface area contributed by atoms with Gasteiger partial charge in [-0.25, -0.2) is 9.97 Å². The number of nitrogens with two attached hydrogens (primary N) is 1. The van der Waals surface area contributed by atoms with Gasteiger partial charge in [-0.1, -0.05) is 30.3 Å². The number of aromatic nitrogens is 2. The van der Waals surface area contributed by atoms with Gasteiger partial charge in [0.25, 0.3) is 5.91 Å². The Morgan fingerprint density at radius 2 is 2.04 bits per heavy atom. The highest BCUT2D eigenvalue weighted by Crippen LogP contribution is 2.19. The Hall–Kier alpha value is -3.19. The minimum Gasteiger partial charge on any atom is -0.463 e. The second-order valence-electron chi connectivity index (χ2n) is 5.09. The highest BCUT2D eigenvalue weighted by molar-refractivity contribution is 5.97. The Kier molecular flexibility index (Phi) is 4.53. The number of carbonyl (C=O) groups is 1. The first kappa shape index (κ1) is 15.7. The van der Waals surface area contributed by atoms with Crippen LogP contribution in [-0.2, 0) is 0 Å². The fraction of sp³-hybridized carbons (Fsp3) is 0.118. The summed E-state index contributed by atoms with van der Waals surface area (Å²) < 4.78 is 5.25. The number of rotatable bonds is 5. The molecule has 2 aromatic heterocycles. The average molecular weight is 324 g/mol. The molecule has 4 N–H and O–H groups in total. The highest BCUT2D eigenvalue weighted by atomic mass is 16.3. The molecule has 1 atom stereocenters. The molecule has 2 heterocycles. The molecule has 1 aromatic carbocycles. The summed E-state index contributed by atoms with van der Waals surface area (Å²) in [6.07, 6.45) is 2.94. The lowest BCUT2D eigenvalue weighted by Crippen LogP contribution is -2.32. The summed E-state index contributed by atoms with van der Waals surface area (Å²) in [5.41, 5.74) is 6.94. The first-order chi connectivity index (χ1) is 11.7. The zero-order chi connectivity index (χ0) is 16.9. The van der Waals surface area contributed by atoms with Crippen molar-refractivity contribution in [2.75, 3.05) is 12.3 Å². The first-order valence-electron chi connectivity index (χ1n) is 7.32. The maximum absolute atomic E-state index is 12.5. The quantitative estimate of drug-likeness (QED) is 0.659. The summed E-state index contributed by atoms with van der Waals surface area (Å²) in [7, 11) is 0. The van der Waals surface area contributed by atoms with E-state index >= 15 is 0 Å². The number of hydrogen-bond donors (Lipinski definition) is 3. The van der Waals surface area contributed by atoms with Crippen LogP contribution in [0.4, 0.5) is 5.82 Å². The highest BCUT2D eigenvalue weighted by Gasteiger charge is 2.19. The van der Waals surface area contributed by atoms with E-state index in [0.717, 1.165) is 5.56 Å². The Balaban J connectivity index is 1.85. The summed E-state index contributed by atoms with van der Waals surface area (Å²) in [5.74, 6) is -0.0258. The van der Waals surface area contributed by atoms with E-state index in [1.165, 1.54) is 12.5 Å². The van der Waals surface area contributed by atoms with Crippen LogP contribution in [0, 0.1) is 0 Å². The predicted molar refractivity (Wildman–Crippen MR) is 87.9 cm³/mol. The van der Waals surface area contributed by atoms with Crippen molar-refractivity contribution in [1.29, 1.82) is 0 Å². The van der Waals surface area contributed by atoms with Crippen LogP contribution in [0.5, 0.6) is 0 Å². The van der Waals surface area contributed by atoms with Gasteiger partial charge in [0.05, 0.1) is 25.1 Å².